The van der Waals surface area contributed by atoms with Crippen LogP contribution in [0.15, 0.2) is 24.4 Å². The molecule has 0 saturated carbocycles. The molecule has 0 spiro atoms. The highest BCUT2D eigenvalue weighted by molar-refractivity contribution is 5.86. The largest absolute Gasteiger partial charge is 0.369 e. The third-order valence-electron chi connectivity index (χ3n) is 4.04. The van der Waals surface area contributed by atoms with E-state index in [1.54, 1.807) is 0 Å². The van der Waals surface area contributed by atoms with Gasteiger partial charge in [0.05, 0.1) is 5.52 Å². The number of piperazine rings is 1. The fraction of sp³-hybridized carbons (Fsp3) is 0.467. The lowest BCUT2D eigenvalue weighted by Gasteiger charge is -2.34. The van der Waals surface area contributed by atoms with Crippen molar-refractivity contribution in [3.8, 4) is 0 Å². The molecule has 1 aliphatic heterocycles. The molecule has 3 heteroatoms. The molecule has 0 aliphatic carbocycles. The summed E-state index contributed by atoms with van der Waals surface area (Å²) in [6.07, 6.45) is 2.21. The van der Waals surface area contributed by atoms with Gasteiger partial charge in [-0.2, -0.15) is 0 Å². The van der Waals surface area contributed by atoms with Gasteiger partial charge in [0.25, 0.3) is 0 Å². The Morgan fingerprint density at radius 3 is 2.44 bits per heavy atom. The van der Waals surface area contributed by atoms with Crippen LogP contribution in [0.5, 0.6) is 0 Å². The number of hydrogen-bond donors (Lipinski definition) is 0. The van der Waals surface area contributed by atoms with Gasteiger partial charge in [-0.25, -0.2) is 0 Å². The zero-order valence-corrected chi connectivity index (χ0v) is 11.5. The van der Waals surface area contributed by atoms with Gasteiger partial charge >= 0.3 is 0 Å². The lowest BCUT2D eigenvalue weighted by molar-refractivity contribution is 0.313. The molecule has 0 amide bonds. The van der Waals surface area contributed by atoms with Crippen LogP contribution in [-0.4, -0.2) is 42.7 Å². The van der Waals surface area contributed by atoms with Crippen LogP contribution in [0, 0.1) is 6.92 Å². The van der Waals surface area contributed by atoms with E-state index >= 15 is 0 Å². The van der Waals surface area contributed by atoms with Crippen molar-refractivity contribution >= 4 is 16.6 Å². The molecule has 3 rings (SSSR count). The summed E-state index contributed by atoms with van der Waals surface area (Å²) in [5.41, 5.74) is 4.05. The molecule has 0 radical (unpaired) electrons. The summed E-state index contributed by atoms with van der Waals surface area (Å²) in [6, 6.07) is 6.85. The molecule has 0 N–H and O–H groups in total. The van der Waals surface area contributed by atoms with Crippen molar-refractivity contribution in [1.82, 2.24) is 9.47 Å². The number of nitrogens with zero attached hydrogens (tertiary/aromatic N) is 3. The van der Waals surface area contributed by atoms with Gasteiger partial charge < -0.3 is 14.4 Å². The summed E-state index contributed by atoms with van der Waals surface area (Å²) in [4.78, 5) is 4.88. The standard InChI is InChI=1S/C15H21N3/c1-12-11-17(3)15-10-13(4-5-14(12)15)18-8-6-16(2)7-9-18/h4-5,10-11H,6-9H2,1-3H3. The molecule has 1 aliphatic rings. The predicted molar refractivity (Wildman–Crippen MR) is 77.4 cm³/mol. The molecule has 3 nitrogen and oxygen atoms in total. The van der Waals surface area contributed by atoms with Crippen LogP contribution in [0.2, 0.25) is 0 Å². The number of aryl methyl sites for hydroxylation is 2. The van der Waals surface area contributed by atoms with Crippen molar-refractivity contribution in [2.45, 2.75) is 6.92 Å². The third-order valence-corrected chi connectivity index (χ3v) is 4.04. The minimum absolute atomic E-state index is 1.13. The van der Waals surface area contributed by atoms with Crippen LogP contribution in [-0.2, 0) is 7.05 Å². The molecule has 18 heavy (non-hydrogen) atoms. The Labute approximate surface area is 109 Å². The second kappa shape index (κ2) is 4.32. The maximum Gasteiger partial charge on any atom is 0.0501 e. The molecule has 1 aromatic heterocycles. The molecule has 1 saturated heterocycles. The fourth-order valence-corrected chi connectivity index (χ4v) is 2.84. The molecule has 0 bridgehead atoms. The van der Waals surface area contributed by atoms with Gasteiger partial charge in [-0.3, -0.25) is 0 Å². The van der Waals surface area contributed by atoms with E-state index in [-0.39, 0.29) is 0 Å². The molecule has 1 fully saturated rings. The molecular weight excluding hydrogens is 222 g/mol. The van der Waals surface area contributed by atoms with Crippen LogP contribution in [0.25, 0.3) is 10.9 Å². The van der Waals surface area contributed by atoms with E-state index in [9.17, 15) is 0 Å². The van der Waals surface area contributed by atoms with E-state index in [2.05, 4.69) is 59.8 Å². The first-order chi connectivity index (χ1) is 8.65. The van der Waals surface area contributed by atoms with Crippen LogP contribution in [0.1, 0.15) is 5.56 Å². The highest BCUT2D eigenvalue weighted by Gasteiger charge is 2.15. The summed E-state index contributed by atoms with van der Waals surface area (Å²) in [7, 11) is 4.32. The van der Waals surface area contributed by atoms with Crippen LogP contribution >= 0.6 is 0 Å². The number of hydrogen-bond acceptors (Lipinski definition) is 2. The highest BCUT2D eigenvalue weighted by Crippen LogP contribution is 2.26. The summed E-state index contributed by atoms with van der Waals surface area (Å²) in [6.45, 7) is 6.75. The first-order valence-corrected chi connectivity index (χ1v) is 6.64. The highest BCUT2D eigenvalue weighted by atomic mass is 15.2. The molecule has 1 aromatic carbocycles. The van der Waals surface area contributed by atoms with E-state index in [1.165, 1.54) is 22.2 Å². The molecule has 96 valence electrons. The maximum atomic E-state index is 2.49. The van der Waals surface area contributed by atoms with E-state index in [0.29, 0.717) is 0 Å². The third kappa shape index (κ3) is 1.89. The number of anilines is 1. The Morgan fingerprint density at radius 1 is 1.00 bits per heavy atom. The number of benzene rings is 1. The van der Waals surface area contributed by atoms with E-state index in [1.807, 2.05) is 0 Å². The second-order valence-corrected chi connectivity index (χ2v) is 5.41. The van der Waals surface area contributed by atoms with Gasteiger partial charge in [-0.05, 0) is 31.7 Å². The normalized spacial score (nSPS) is 17.6. The quantitative estimate of drug-likeness (QED) is 0.761. The maximum absolute atomic E-state index is 2.49. The van der Waals surface area contributed by atoms with Gasteiger partial charge in [-0.1, -0.05) is 6.07 Å². The van der Waals surface area contributed by atoms with Gasteiger partial charge in [0.2, 0.25) is 0 Å². The summed E-state index contributed by atoms with van der Waals surface area (Å²) in [5, 5.41) is 1.37. The van der Waals surface area contributed by atoms with Gasteiger partial charge in [-0.15, -0.1) is 0 Å². The summed E-state index contributed by atoms with van der Waals surface area (Å²) >= 11 is 0. The molecule has 2 heterocycles. The number of rotatable bonds is 1. The van der Waals surface area contributed by atoms with Crippen molar-refractivity contribution in [2.75, 3.05) is 38.1 Å². The van der Waals surface area contributed by atoms with Crippen LogP contribution < -0.4 is 4.90 Å². The lowest BCUT2D eigenvalue weighted by Crippen LogP contribution is -2.44. The van der Waals surface area contributed by atoms with Crippen molar-refractivity contribution in [3.05, 3.63) is 30.0 Å². The van der Waals surface area contributed by atoms with Crippen LogP contribution in [0.4, 0.5) is 5.69 Å². The average Bonchev–Trinajstić information content (AvgIpc) is 2.66. The Kier molecular flexibility index (Phi) is 2.78. The van der Waals surface area contributed by atoms with E-state index in [4.69, 9.17) is 0 Å². The number of aromatic nitrogens is 1. The van der Waals surface area contributed by atoms with Crippen molar-refractivity contribution < 1.29 is 0 Å². The molecule has 0 unspecified atom stereocenters. The number of fused-ring (bicyclic) bond motifs is 1. The number of likely N-dealkylation sites (N-methyl/N-ethyl adjacent to an activating group) is 1. The second-order valence-electron chi connectivity index (χ2n) is 5.41. The van der Waals surface area contributed by atoms with Crippen molar-refractivity contribution in [3.63, 3.8) is 0 Å². The molecular formula is C15H21N3. The van der Waals surface area contributed by atoms with Crippen molar-refractivity contribution in [2.24, 2.45) is 7.05 Å². The molecule has 2 aromatic rings. The fourth-order valence-electron chi connectivity index (χ4n) is 2.84. The first-order valence-electron chi connectivity index (χ1n) is 6.64. The van der Waals surface area contributed by atoms with Gasteiger partial charge in [0, 0.05) is 50.5 Å². The van der Waals surface area contributed by atoms with E-state index in [0.717, 1.165) is 26.2 Å². The molecule has 0 atom stereocenters. The summed E-state index contributed by atoms with van der Waals surface area (Å²) < 4.78 is 2.23. The zero-order valence-electron chi connectivity index (χ0n) is 11.5. The zero-order chi connectivity index (χ0) is 12.7. The first kappa shape index (κ1) is 11.6. The Morgan fingerprint density at radius 2 is 1.72 bits per heavy atom. The minimum atomic E-state index is 1.13. The predicted octanol–water partition coefficient (Wildman–Crippen LogP) is 2.24. The van der Waals surface area contributed by atoms with Crippen molar-refractivity contribution in [1.29, 1.82) is 0 Å². The SMILES string of the molecule is Cc1cn(C)c2cc(N3CCN(C)CC3)ccc12. The van der Waals surface area contributed by atoms with Crippen LogP contribution in [0.3, 0.4) is 0 Å². The minimum Gasteiger partial charge on any atom is -0.369 e. The smallest absolute Gasteiger partial charge is 0.0501 e. The Balaban J connectivity index is 1.95. The average molecular weight is 243 g/mol. The van der Waals surface area contributed by atoms with Gasteiger partial charge in [0.1, 0.15) is 0 Å². The van der Waals surface area contributed by atoms with Gasteiger partial charge in [0.15, 0.2) is 0 Å². The van der Waals surface area contributed by atoms with E-state index < -0.39 is 0 Å². The lowest BCUT2D eigenvalue weighted by atomic mass is 10.1. The topological polar surface area (TPSA) is 11.4 Å². The Hall–Kier alpha value is -1.48. The Bertz CT molecular complexity index is 562. The monoisotopic (exact) mass is 243 g/mol. The summed E-state index contributed by atoms with van der Waals surface area (Å²) in [5.74, 6) is 0.